The van der Waals surface area contributed by atoms with Crippen molar-refractivity contribution in [3.8, 4) is 0 Å². The van der Waals surface area contributed by atoms with E-state index >= 15 is 0 Å². The average Bonchev–Trinajstić information content (AvgIpc) is 2.80. The Morgan fingerprint density at radius 2 is 1.57 bits per heavy atom. The van der Waals surface area contributed by atoms with E-state index in [2.05, 4.69) is 16.0 Å². The quantitative estimate of drug-likeness (QED) is 0.776. The van der Waals surface area contributed by atoms with Crippen molar-refractivity contribution in [2.75, 3.05) is 5.73 Å². The number of nitrogens with zero attached hydrogens (tertiary/aromatic N) is 2. The molecule has 0 bridgehead atoms. The molecule has 3 heteroatoms. The highest BCUT2D eigenvalue weighted by molar-refractivity contribution is 5.29. The third-order valence-corrected chi connectivity index (χ3v) is 3.30. The predicted octanol–water partition coefficient (Wildman–Crippen LogP) is 2.20. The normalized spacial score (nSPS) is 22.0. The zero-order valence-corrected chi connectivity index (χ0v) is 8.24. The number of hydrogen-bond acceptors (Lipinski definition) is 3. The third kappa shape index (κ3) is 1.37. The zero-order chi connectivity index (χ0) is 9.54. The summed E-state index contributed by atoms with van der Waals surface area (Å²) in [7, 11) is 0. The molecule has 1 aromatic rings. The van der Waals surface area contributed by atoms with Gasteiger partial charge in [-0.25, -0.2) is 9.97 Å². The monoisotopic (exact) mass is 189 g/mol. The molecule has 2 fully saturated rings. The van der Waals surface area contributed by atoms with Crippen molar-refractivity contribution in [2.24, 2.45) is 0 Å². The molecule has 0 amide bonds. The van der Waals surface area contributed by atoms with Crippen LogP contribution in [0.25, 0.3) is 0 Å². The summed E-state index contributed by atoms with van der Waals surface area (Å²) in [6.45, 7) is 0. The number of aromatic nitrogens is 2. The molecule has 3 nitrogen and oxygen atoms in total. The molecule has 2 aliphatic rings. The Morgan fingerprint density at radius 3 is 2.00 bits per heavy atom. The molecule has 74 valence electrons. The number of hydrogen-bond donors (Lipinski definition) is 1. The van der Waals surface area contributed by atoms with E-state index in [9.17, 15) is 0 Å². The van der Waals surface area contributed by atoms with Crippen LogP contribution >= 0.6 is 0 Å². The molecule has 0 aromatic carbocycles. The van der Waals surface area contributed by atoms with Gasteiger partial charge < -0.3 is 5.73 Å². The van der Waals surface area contributed by atoms with Crippen LogP contribution in [0.2, 0.25) is 0 Å². The highest BCUT2D eigenvalue weighted by atomic mass is 15.0. The molecule has 2 aliphatic carbocycles. The highest BCUT2D eigenvalue weighted by Gasteiger charge is 2.28. The minimum atomic E-state index is 0.469. The molecule has 1 heterocycles. The minimum Gasteiger partial charge on any atom is -0.368 e. The zero-order valence-electron chi connectivity index (χ0n) is 8.24. The fourth-order valence-corrected chi connectivity index (χ4v) is 2.01. The van der Waals surface area contributed by atoms with Crippen LogP contribution in [0.15, 0.2) is 6.07 Å². The van der Waals surface area contributed by atoms with Gasteiger partial charge in [0.25, 0.3) is 0 Å². The molecule has 0 radical (unpaired) electrons. The summed E-state index contributed by atoms with van der Waals surface area (Å²) in [4.78, 5) is 8.64. The Balaban J connectivity index is 1.93. The Bertz CT molecular complexity index is 354. The standard InChI is InChI=1S/C11H15N3/c12-11-13-9(7-2-1-3-7)6-10(14-11)8-4-5-8/h6-8H,1-5H2,(H2,12,13,14). The number of rotatable bonds is 2. The van der Waals surface area contributed by atoms with Gasteiger partial charge in [-0.1, -0.05) is 6.42 Å². The highest BCUT2D eigenvalue weighted by Crippen LogP contribution is 2.41. The van der Waals surface area contributed by atoms with E-state index < -0.39 is 0 Å². The third-order valence-electron chi connectivity index (χ3n) is 3.30. The van der Waals surface area contributed by atoms with E-state index in [1.54, 1.807) is 0 Å². The molecule has 2 N–H and O–H groups in total. The van der Waals surface area contributed by atoms with Crippen molar-refractivity contribution in [3.63, 3.8) is 0 Å². The summed E-state index contributed by atoms with van der Waals surface area (Å²) in [5, 5.41) is 0. The summed E-state index contributed by atoms with van der Waals surface area (Å²) < 4.78 is 0. The molecule has 1 aromatic heterocycles. The van der Waals surface area contributed by atoms with Crippen LogP contribution in [0, 0.1) is 0 Å². The van der Waals surface area contributed by atoms with Crippen molar-refractivity contribution in [1.29, 1.82) is 0 Å². The van der Waals surface area contributed by atoms with E-state index in [1.165, 1.54) is 43.5 Å². The molecule has 0 atom stereocenters. The van der Waals surface area contributed by atoms with Gasteiger partial charge in [0.2, 0.25) is 5.95 Å². The SMILES string of the molecule is Nc1nc(C2CCC2)cc(C2CC2)n1. The molecule has 0 spiro atoms. The van der Waals surface area contributed by atoms with E-state index in [1.807, 2.05) is 0 Å². The predicted molar refractivity (Wildman–Crippen MR) is 55.0 cm³/mol. The largest absolute Gasteiger partial charge is 0.368 e. The molecular weight excluding hydrogens is 174 g/mol. The molecule has 0 unspecified atom stereocenters. The summed E-state index contributed by atoms with van der Waals surface area (Å²) in [6.07, 6.45) is 6.45. The molecule has 14 heavy (non-hydrogen) atoms. The van der Waals surface area contributed by atoms with Crippen LogP contribution in [0.1, 0.15) is 55.3 Å². The number of nitrogens with two attached hydrogens (primary N) is 1. The van der Waals surface area contributed by atoms with Gasteiger partial charge in [0.1, 0.15) is 0 Å². The van der Waals surface area contributed by atoms with E-state index in [0.717, 1.165) is 0 Å². The number of anilines is 1. The molecular formula is C11H15N3. The second kappa shape index (κ2) is 2.94. The van der Waals surface area contributed by atoms with E-state index in [-0.39, 0.29) is 0 Å². The van der Waals surface area contributed by atoms with Gasteiger partial charge in [-0.05, 0) is 31.7 Å². The van der Waals surface area contributed by atoms with Gasteiger partial charge in [-0.15, -0.1) is 0 Å². The fourth-order valence-electron chi connectivity index (χ4n) is 2.01. The van der Waals surface area contributed by atoms with Crippen LogP contribution in [-0.2, 0) is 0 Å². The lowest BCUT2D eigenvalue weighted by atomic mass is 9.82. The summed E-state index contributed by atoms with van der Waals surface area (Å²) in [5.74, 6) is 1.81. The van der Waals surface area contributed by atoms with Crippen LogP contribution in [-0.4, -0.2) is 9.97 Å². The maximum absolute atomic E-state index is 5.72. The van der Waals surface area contributed by atoms with Crippen LogP contribution in [0.5, 0.6) is 0 Å². The first kappa shape index (κ1) is 8.21. The summed E-state index contributed by atoms with van der Waals surface area (Å²) in [5.41, 5.74) is 8.09. The van der Waals surface area contributed by atoms with Crippen LogP contribution in [0.3, 0.4) is 0 Å². The molecule has 0 saturated heterocycles. The van der Waals surface area contributed by atoms with Crippen LogP contribution in [0.4, 0.5) is 5.95 Å². The van der Waals surface area contributed by atoms with Crippen molar-refractivity contribution in [1.82, 2.24) is 9.97 Å². The van der Waals surface area contributed by atoms with E-state index in [4.69, 9.17) is 5.73 Å². The van der Waals surface area contributed by atoms with Gasteiger partial charge in [0, 0.05) is 23.2 Å². The number of nitrogen functional groups attached to an aromatic ring is 1. The Kier molecular flexibility index (Phi) is 1.72. The maximum atomic E-state index is 5.72. The van der Waals surface area contributed by atoms with Gasteiger partial charge in [0.15, 0.2) is 0 Å². The van der Waals surface area contributed by atoms with Crippen LogP contribution < -0.4 is 5.73 Å². The Morgan fingerprint density at radius 1 is 1.00 bits per heavy atom. The first-order valence-electron chi connectivity index (χ1n) is 5.47. The molecule has 0 aliphatic heterocycles. The van der Waals surface area contributed by atoms with Gasteiger partial charge in [0.05, 0.1) is 0 Å². The van der Waals surface area contributed by atoms with Crippen molar-refractivity contribution < 1.29 is 0 Å². The topological polar surface area (TPSA) is 51.8 Å². The Labute approximate surface area is 83.8 Å². The second-order valence-electron chi connectivity index (χ2n) is 4.48. The van der Waals surface area contributed by atoms with Gasteiger partial charge in [-0.2, -0.15) is 0 Å². The fraction of sp³-hybridized carbons (Fsp3) is 0.636. The van der Waals surface area contributed by atoms with Crippen molar-refractivity contribution in [3.05, 3.63) is 17.5 Å². The summed E-state index contributed by atoms with van der Waals surface area (Å²) in [6, 6.07) is 2.18. The Hall–Kier alpha value is -1.12. The molecule has 2 saturated carbocycles. The lowest BCUT2D eigenvalue weighted by Crippen LogP contribution is -2.13. The van der Waals surface area contributed by atoms with Crippen molar-refractivity contribution in [2.45, 2.75) is 43.9 Å². The first-order valence-corrected chi connectivity index (χ1v) is 5.47. The smallest absolute Gasteiger partial charge is 0.220 e. The maximum Gasteiger partial charge on any atom is 0.220 e. The lowest BCUT2D eigenvalue weighted by molar-refractivity contribution is 0.410. The average molecular weight is 189 g/mol. The lowest BCUT2D eigenvalue weighted by Gasteiger charge is -2.25. The van der Waals surface area contributed by atoms with Gasteiger partial charge in [-0.3, -0.25) is 0 Å². The van der Waals surface area contributed by atoms with Crippen molar-refractivity contribution >= 4 is 5.95 Å². The minimum absolute atomic E-state index is 0.469. The van der Waals surface area contributed by atoms with E-state index in [0.29, 0.717) is 17.8 Å². The first-order chi connectivity index (χ1) is 6.83. The molecule has 3 rings (SSSR count). The summed E-state index contributed by atoms with van der Waals surface area (Å²) >= 11 is 0. The second-order valence-corrected chi connectivity index (χ2v) is 4.48. The van der Waals surface area contributed by atoms with Gasteiger partial charge >= 0.3 is 0 Å².